The van der Waals surface area contributed by atoms with Crippen molar-refractivity contribution in [1.82, 2.24) is 0 Å². The summed E-state index contributed by atoms with van der Waals surface area (Å²) >= 11 is 0. The molecule has 56 valence electrons. The summed E-state index contributed by atoms with van der Waals surface area (Å²) in [6.07, 6.45) is 3.81. The Hall–Kier alpha value is -0.770. The smallest absolute Gasteiger partial charge is 0.0666 e. The summed E-state index contributed by atoms with van der Waals surface area (Å²) in [4.78, 5) is 0. The third kappa shape index (κ3) is 5.37. The molecule has 10 heavy (non-hydrogen) atoms. The largest absolute Gasteiger partial charge is 0.198 e. The van der Waals surface area contributed by atoms with Crippen molar-refractivity contribution in [1.29, 1.82) is 5.26 Å². The van der Waals surface area contributed by atoms with Gasteiger partial charge in [-0.1, -0.05) is 25.5 Å². The monoisotopic (exact) mass is 137 g/mol. The van der Waals surface area contributed by atoms with Crippen LogP contribution in [0.3, 0.4) is 0 Å². The fourth-order valence-electron chi connectivity index (χ4n) is 0.634. The van der Waals surface area contributed by atoms with E-state index >= 15 is 0 Å². The Kier molecular flexibility index (Phi) is 4.66. The van der Waals surface area contributed by atoms with Gasteiger partial charge < -0.3 is 0 Å². The average molecular weight is 137 g/mol. The molecule has 0 amide bonds. The van der Waals surface area contributed by atoms with Crippen molar-refractivity contribution in [2.45, 2.75) is 33.6 Å². The van der Waals surface area contributed by atoms with Gasteiger partial charge in [0.25, 0.3) is 0 Å². The summed E-state index contributed by atoms with van der Waals surface area (Å²) in [6.45, 7) is 6.36. The first kappa shape index (κ1) is 9.23. The summed E-state index contributed by atoms with van der Waals surface area (Å²) in [5.74, 6) is 0.702. The van der Waals surface area contributed by atoms with Crippen LogP contribution < -0.4 is 0 Å². The number of allylic oxidation sites excluding steroid dienone is 2. The van der Waals surface area contributed by atoms with Gasteiger partial charge in [-0.05, 0) is 19.3 Å². The maximum absolute atomic E-state index is 8.31. The fourth-order valence-corrected chi connectivity index (χ4v) is 0.634. The van der Waals surface area contributed by atoms with Crippen molar-refractivity contribution in [3.8, 4) is 6.07 Å². The Morgan fingerprint density at radius 1 is 1.60 bits per heavy atom. The first-order valence-electron chi connectivity index (χ1n) is 3.69. The molecule has 0 atom stereocenters. The van der Waals surface area contributed by atoms with Crippen LogP contribution in [0.2, 0.25) is 0 Å². The topological polar surface area (TPSA) is 23.8 Å². The molecule has 0 rings (SSSR count). The van der Waals surface area contributed by atoms with Crippen molar-refractivity contribution >= 4 is 0 Å². The van der Waals surface area contributed by atoms with Gasteiger partial charge >= 0.3 is 0 Å². The highest BCUT2D eigenvalue weighted by atomic mass is 14.2. The van der Waals surface area contributed by atoms with Crippen molar-refractivity contribution in [2.24, 2.45) is 5.92 Å². The molecule has 0 aromatic carbocycles. The van der Waals surface area contributed by atoms with Crippen LogP contribution in [0, 0.1) is 17.2 Å². The van der Waals surface area contributed by atoms with Crippen LogP contribution in [0.15, 0.2) is 11.6 Å². The predicted molar refractivity (Wildman–Crippen MR) is 43.4 cm³/mol. The maximum atomic E-state index is 8.31. The van der Waals surface area contributed by atoms with E-state index in [1.54, 1.807) is 0 Å². The molecule has 1 nitrogen and oxygen atoms in total. The van der Waals surface area contributed by atoms with Crippen LogP contribution in [0.5, 0.6) is 0 Å². The van der Waals surface area contributed by atoms with E-state index in [9.17, 15) is 0 Å². The number of nitriles is 1. The minimum Gasteiger partial charge on any atom is -0.198 e. The first-order valence-corrected chi connectivity index (χ1v) is 3.69. The van der Waals surface area contributed by atoms with E-state index in [2.05, 4.69) is 26.0 Å². The molecule has 0 aromatic rings. The molecule has 1 heteroatoms. The molecule has 0 radical (unpaired) electrons. The van der Waals surface area contributed by atoms with Gasteiger partial charge in [-0.25, -0.2) is 0 Å². The molecule has 0 saturated carbocycles. The minimum atomic E-state index is 0.576. The minimum absolute atomic E-state index is 0.576. The van der Waals surface area contributed by atoms with E-state index < -0.39 is 0 Å². The van der Waals surface area contributed by atoms with Crippen LogP contribution in [0.1, 0.15) is 33.6 Å². The summed E-state index contributed by atoms with van der Waals surface area (Å²) in [5.41, 5.74) is 1.19. The van der Waals surface area contributed by atoms with Crippen LogP contribution in [0.25, 0.3) is 0 Å². The highest BCUT2D eigenvalue weighted by Gasteiger charge is 1.90. The van der Waals surface area contributed by atoms with Crippen LogP contribution in [-0.2, 0) is 0 Å². The molecule has 0 unspecified atom stereocenters. The van der Waals surface area contributed by atoms with Gasteiger partial charge in [0.15, 0.2) is 0 Å². The molecule has 0 saturated heterocycles. The molecular weight excluding hydrogens is 122 g/mol. The first-order chi connectivity index (χ1) is 4.66. The van der Waals surface area contributed by atoms with Crippen molar-refractivity contribution in [3.63, 3.8) is 0 Å². The zero-order chi connectivity index (χ0) is 7.98. The molecule has 0 heterocycles. The standard InChI is InChI=1S/C9H15N/c1-8(2)4-5-9(3)6-7-10/h5,8H,4,6H2,1-3H3/b9-5+. The molecule has 0 bridgehead atoms. The highest BCUT2D eigenvalue weighted by molar-refractivity contribution is 5.04. The lowest BCUT2D eigenvalue weighted by molar-refractivity contribution is 0.660. The molecule has 0 aliphatic carbocycles. The van der Waals surface area contributed by atoms with Crippen molar-refractivity contribution in [3.05, 3.63) is 11.6 Å². The zero-order valence-electron chi connectivity index (χ0n) is 7.02. The average Bonchev–Trinajstić information content (AvgIpc) is 1.85. The fraction of sp³-hybridized carbons (Fsp3) is 0.667. The van der Waals surface area contributed by atoms with Gasteiger partial charge in [0.1, 0.15) is 0 Å². The van der Waals surface area contributed by atoms with E-state index in [1.807, 2.05) is 6.92 Å². The van der Waals surface area contributed by atoms with Crippen molar-refractivity contribution < 1.29 is 0 Å². The summed E-state index contributed by atoms with van der Waals surface area (Å²) in [6, 6.07) is 2.12. The van der Waals surface area contributed by atoms with E-state index in [0.717, 1.165) is 6.42 Å². The lowest BCUT2D eigenvalue weighted by atomic mass is 10.1. The van der Waals surface area contributed by atoms with Gasteiger partial charge in [0, 0.05) is 0 Å². The van der Waals surface area contributed by atoms with Crippen LogP contribution in [-0.4, -0.2) is 0 Å². The predicted octanol–water partition coefficient (Wildman–Crippen LogP) is 2.89. The summed E-state index contributed by atoms with van der Waals surface area (Å²) < 4.78 is 0. The Balaban J connectivity index is 3.60. The van der Waals surface area contributed by atoms with E-state index in [0.29, 0.717) is 12.3 Å². The molecule has 0 spiro atoms. The van der Waals surface area contributed by atoms with Crippen LogP contribution in [0.4, 0.5) is 0 Å². The van der Waals surface area contributed by atoms with E-state index in [-0.39, 0.29) is 0 Å². The van der Waals surface area contributed by atoms with E-state index in [1.165, 1.54) is 5.57 Å². The second-order valence-corrected chi connectivity index (χ2v) is 3.01. The number of nitrogens with zero attached hydrogens (tertiary/aromatic N) is 1. The summed E-state index contributed by atoms with van der Waals surface area (Å²) in [5, 5.41) is 8.31. The normalized spacial score (nSPS) is 11.7. The number of rotatable bonds is 3. The van der Waals surface area contributed by atoms with Gasteiger partial charge in [0.05, 0.1) is 12.5 Å². The zero-order valence-corrected chi connectivity index (χ0v) is 7.02. The molecule has 0 aliphatic heterocycles. The van der Waals surface area contributed by atoms with Gasteiger partial charge in [-0.15, -0.1) is 0 Å². The number of hydrogen-bond acceptors (Lipinski definition) is 1. The van der Waals surface area contributed by atoms with Gasteiger partial charge in [-0.2, -0.15) is 5.26 Å². The second kappa shape index (κ2) is 5.05. The van der Waals surface area contributed by atoms with E-state index in [4.69, 9.17) is 5.26 Å². The van der Waals surface area contributed by atoms with Crippen molar-refractivity contribution in [2.75, 3.05) is 0 Å². The highest BCUT2D eigenvalue weighted by Crippen LogP contribution is 2.05. The third-order valence-electron chi connectivity index (χ3n) is 1.30. The third-order valence-corrected chi connectivity index (χ3v) is 1.30. The molecule has 0 N–H and O–H groups in total. The Labute approximate surface area is 63.4 Å². The summed E-state index contributed by atoms with van der Waals surface area (Å²) in [7, 11) is 0. The Morgan fingerprint density at radius 3 is 2.60 bits per heavy atom. The Morgan fingerprint density at radius 2 is 2.20 bits per heavy atom. The number of hydrogen-bond donors (Lipinski definition) is 0. The quantitative estimate of drug-likeness (QED) is 0.549. The Bertz CT molecular complexity index is 149. The maximum Gasteiger partial charge on any atom is 0.0666 e. The van der Waals surface area contributed by atoms with Crippen LogP contribution >= 0.6 is 0 Å². The lowest BCUT2D eigenvalue weighted by Gasteiger charge is -1.98. The molecule has 0 aliphatic rings. The van der Waals surface area contributed by atoms with Gasteiger partial charge in [-0.3, -0.25) is 0 Å². The SMILES string of the molecule is C/C(=C\CC(C)C)CC#N. The lowest BCUT2D eigenvalue weighted by Crippen LogP contribution is -1.83. The second-order valence-electron chi connectivity index (χ2n) is 3.01. The molecular formula is C9H15N. The molecule has 0 aromatic heterocycles. The molecule has 0 fully saturated rings. The van der Waals surface area contributed by atoms with Gasteiger partial charge in [0.2, 0.25) is 0 Å².